The Balaban J connectivity index is 1.61. The third-order valence-electron chi connectivity index (χ3n) is 4.07. The maximum absolute atomic E-state index is 11.9. The average Bonchev–Trinajstić information content (AvgIpc) is 2.75. The smallest absolute Gasteiger partial charge is 0.318 e. The summed E-state index contributed by atoms with van der Waals surface area (Å²) in [6.07, 6.45) is 1.65. The molecule has 31 heavy (non-hydrogen) atoms. The van der Waals surface area contributed by atoms with Crippen LogP contribution in [-0.4, -0.2) is 22.0 Å². The van der Waals surface area contributed by atoms with E-state index in [1.54, 1.807) is 24.3 Å². The van der Waals surface area contributed by atoms with Crippen LogP contribution in [0.25, 0.3) is 0 Å². The summed E-state index contributed by atoms with van der Waals surface area (Å²) >= 11 is 0. The van der Waals surface area contributed by atoms with Crippen molar-refractivity contribution in [2.24, 2.45) is 5.10 Å². The lowest BCUT2D eigenvalue weighted by molar-refractivity contribution is -0.394. The van der Waals surface area contributed by atoms with Gasteiger partial charge in [-0.05, 0) is 41.5 Å². The van der Waals surface area contributed by atoms with Crippen molar-refractivity contribution in [1.29, 1.82) is 0 Å². The molecule has 3 aromatic carbocycles. The Bertz CT molecular complexity index is 1130. The van der Waals surface area contributed by atoms with Gasteiger partial charge in [-0.3, -0.25) is 25.0 Å². The highest BCUT2D eigenvalue weighted by molar-refractivity contribution is 5.83. The first-order valence-electron chi connectivity index (χ1n) is 8.99. The van der Waals surface area contributed by atoms with Crippen molar-refractivity contribution in [3.63, 3.8) is 0 Å². The first-order valence-corrected chi connectivity index (χ1v) is 8.99. The number of nitro groups is 2. The second-order valence-corrected chi connectivity index (χ2v) is 6.29. The third kappa shape index (κ3) is 5.94. The fraction of sp³-hybridized carbons (Fsp3) is 0.0476. The molecule has 0 fully saturated rings. The van der Waals surface area contributed by atoms with Gasteiger partial charge in [0.15, 0.2) is 0 Å². The lowest BCUT2D eigenvalue weighted by Gasteiger charge is -2.06. The largest absolute Gasteiger partial charge is 0.450 e. The first-order chi connectivity index (χ1) is 14.9. The van der Waals surface area contributed by atoms with Crippen molar-refractivity contribution in [1.82, 2.24) is 5.43 Å². The molecule has 1 N–H and O–H groups in total. The van der Waals surface area contributed by atoms with Gasteiger partial charge in [0.2, 0.25) is 11.7 Å². The zero-order valence-corrected chi connectivity index (χ0v) is 16.0. The highest BCUT2D eigenvalue weighted by atomic mass is 16.6. The Hall–Kier alpha value is -4.60. The van der Waals surface area contributed by atoms with Gasteiger partial charge in [-0.15, -0.1) is 0 Å². The van der Waals surface area contributed by atoms with E-state index in [0.29, 0.717) is 11.3 Å². The monoisotopic (exact) mass is 420 g/mol. The number of carbonyl (C=O) groups is 1. The molecule has 0 saturated heterocycles. The highest BCUT2D eigenvalue weighted by Crippen LogP contribution is 2.34. The Morgan fingerprint density at radius 2 is 1.68 bits per heavy atom. The van der Waals surface area contributed by atoms with Crippen molar-refractivity contribution >= 4 is 23.5 Å². The van der Waals surface area contributed by atoms with E-state index < -0.39 is 21.2 Å². The van der Waals surface area contributed by atoms with E-state index in [-0.39, 0.29) is 18.1 Å². The van der Waals surface area contributed by atoms with Crippen LogP contribution < -0.4 is 10.2 Å². The number of hydrogen-bond donors (Lipinski definition) is 1. The van der Waals surface area contributed by atoms with Crippen LogP contribution in [0.1, 0.15) is 11.1 Å². The molecule has 0 bridgehead atoms. The maximum Gasteiger partial charge on any atom is 0.318 e. The summed E-state index contributed by atoms with van der Waals surface area (Å²) < 4.78 is 5.49. The predicted octanol–water partition coefficient (Wildman–Crippen LogP) is 3.99. The molecule has 10 heteroatoms. The van der Waals surface area contributed by atoms with E-state index in [0.717, 1.165) is 17.7 Å². The Kier molecular flexibility index (Phi) is 6.64. The van der Waals surface area contributed by atoms with E-state index in [2.05, 4.69) is 10.5 Å². The van der Waals surface area contributed by atoms with Gasteiger partial charge in [0.05, 0.1) is 28.5 Å². The molecule has 0 aliphatic carbocycles. The second kappa shape index (κ2) is 9.74. The van der Waals surface area contributed by atoms with E-state index in [1.807, 2.05) is 30.3 Å². The minimum Gasteiger partial charge on any atom is -0.450 e. The number of benzene rings is 3. The zero-order valence-electron chi connectivity index (χ0n) is 16.0. The number of hydrazone groups is 1. The fourth-order valence-electron chi connectivity index (χ4n) is 2.60. The molecule has 0 heterocycles. The summed E-state index contributed by atoms with van der Waals surface area (Å²) in [7, 11) is 0. The quantitative estimate of drug-likeness (QED) is 0.332. The molecule has 0 saturated carbocycles. The van der Waals surface area contributed by atoms with Crippen molar-refractivity contribution < 1.29 is 19.4 Å². The summed E-state index contributed by atoms with van der Waals surface area (Å²) in [6.45, 7) is 0. The Labute approximate surface area is 176 Å². The van der Waals surface area contributed by atoms with Gasteiger partial charge in [-0.1, -0.05) is 30.3 Å². The molecule has 0 aliphatic heterocycles. The van der Waals surface area contributed by atoms with Crippen LogP contribution in [-0.2, 0) is 11.2 Å². The molecule has 0 spiro atoms. The number of carbonyl (C=O) groups excluding carboxylic acids is 1. The summed E-state index contributed by atoms with van der Waals surface area (Å²) in [6, 6.07) is 18.8. The van der Waals surface area contributed by atoms with Crippen LogP contribution in [0.2, 0.25) is 0 Å². The molecule has 0 atom stereocenters. The molecule has 0 radical (unpaired) electrons. The van der Waals surface area contributed by atoms with E-state index in [1.165, 1.54) is 12.3 Å². The minimum atomic E-state index is -0.749. The van der Waals surface area contributed by atoms with Crippen molar-refractivity contribution in [3.05, 3.63) is 104 Å². The molecular weight excluding hydrogens is 404 g/mol. The number of non-ortho nitro benzene ring substituents is 1. The molecule has 3 rings (SSSR count). The van der Waals surface area contributed by atoms with Crippen molar-refractivity contribution in [2.45, 2.75) is 6.42 Å². The fourth-order valence-corrected chi connectivity index (χ4v) is 2.60. The highest BCUT2D eigenvalue weighted by Gasteiger charge is 2.21. The Morgan fingerprint density at radius 3 is 2.32 bits per heavy atom. The summed E-state index contributed by atoms with van der Waals surface area (Å²) in [5.41, 5.74) is 3.05. The van der Waals surface area contributed by atoms with Gasteiger partial charge in [0, 0.05) is 6.07 Å². The third-order valence-corrected chi connectivity index (χ3v) is 4.07. The standard InChI is InChI=1S/C21H16N4O6/c26-21(12-15-4-2-1-3-5-15)23-22-14-16-6-9-18(10-7-16)31-20-11-8-17(24(27)28)13-19(20)25(29)30/h1-11,13-14H,12H2,(H,23,26). The van der Waals surface area contributed by atoms with Gasteiger partial charge in [0.1, 0.15) is 5.75 Å². The van der Waals surface area contributed by atoms with Gasteiger partial charge in [-0.2, -0.15) is 5.10 Å². The summed E-state index contributed by atoms with van der Waals surface area (Å²) in [5.74, 6) is -0.0831. The lowest BCUT2D eigenvalue weighted by Crippen LogP contribution is -2.19. The van der Waals surface area contributed by atoms with E-state index >= 15 is 0 Å². The van der Waals surface area contributed by atoms with Crippen LogP contribution in [0.15, 0.2) is 77.9 Å². The molecule has 3 aromatic rings. The lowest BCUT2D eigenvalue weighted by atomic mass is 10.1. The number of amides is 1. The topological polar surface area (TPSA) is 137 Å². The van der Waals surface area contributed by atoms with Crippen LogP contribution >= 0.6 is 0 Å². The van der Waals surface area contributed by atoms with Crippen LogP contribution in [0.3, 0.4) is 0 Å². The molecular formula is C21H16N4O6. The van der Waals surface area contributed by atoms with Crippen LogP contribution in [0.4, 0.5) is 11.4 Å². The average molecular weight is 420 g/mol. The number of ether oxygens (including phenoxy) is 1. The van der Waals surface area contributed by atoms with E-state index in [9.17, 15) is 25.0 Å². The Morgan fingerprint density at radius 1 is 0.968 bits per heavy atom. The zero-order chi connectivity index (χ0) is 22.2. The maximum atomic E-state index is 11.9. The van der Waals surface area contributed by atoms with Gasteiger partial charge >= 0.3 is 5.69 Å². The normalized spacial score (nSPS) is 10.6. The van der Waals surface area contributed by atoms with Crippen molar-refractivity contribution in [3.8, 4) is 11.5 Å². The number of hydrogen-bond acceptors (Lipinski definition) is 7. The van der Waals surface area contributed by atoms with Crippen LogP contribution in [0, 0.1) is 20.2 Å². The minimum absolute atomic E-state index is 0.120. The van der Waals surface area contributed by atoms with E-state index in [4.69, 9.17) is 4.74 Å². The molecule has 1 amide bonds. The van der Waals surface area contributed by atoms with Gasteiger partial charge in [0.25, 0.3) is 5.69 Å². The number of nitrogens with zero attached hydrogens (tertiary/aromatic N) is 3. The summed E-state index contributed by atoms with van der Waals surface area (Å²) in [5, 5.41) is 25.9. The number of nitrogens with one attached hydrogen (secondary N) is 1. The second-order valence-electron chi connectivity index (χ2n) is 6.29. The first kappa shape index (κ1) is 21.1. The molecule has 156 valence electrons. The number of nitro benzene ring substituents is 2. The molecule has 0 unspecified atom stereocenters. The van der Waals surface area contributed by atoms with Gasteiger partial charge in [-0.25, -0.2) is 5.43 Å². The number of rotatable bonds is 8. The van der Waals surface area contributed by atoms with Crippen LogP contribution in [0.5, 0.6) is 11.5 Å². The molecule has 0 aliphatic rings. The van der Waals surface area contributed by atoms with Gasteiger partial charge < -0.3 is 4.74 Å². The summed E-state index contributed by atoms with van der Waals surface area (Å²) in [4.78, 5) is 32.4. The van der Waals surface area contributed by atoms with Crippen molar-refractivity contribution in [2.75, 3.05) is 0 Å². The molecule has 0 aromatic heterocycles. The SMILES string of the molecule is O=C(Cc1ccccc1)NN=Cc1ccc(Oc2ccc([N+](=O)[O-])cc2[N+](=O)[O-])cc1. The predicted molar refractivity (Wildman–Crippen MR) is 112 cm³/mol. The molecule has 10 nitrogen and oxygen atoms in total.